The number of benzene rings is 1. The van der Waals surface area contributed by atoms with E-state index in [2.05, 4.69) is 5.32 Å². The highest BCUT2D eigenvalue weighted by atomic mass is 32.2. The van der Waals surface area contributed by atoms with Gasteiger partial charge >= 0.3 is 6.03 Å². The zero-order valence-electron chi connectivity index (χ0n) is 12.2. The molecule has 2 amide bonds. The minimum atomic E-state index is -0.257. The normalized spacial score (nSPS) is 16.9. The van der Waals surface area contributed by atoms with Gasteiger partial charge in [0, 0.05) is 24.2 Å². The lowest BCUT2D eigenvalue weighted by Crippen LogP contribution is -2.39. The molecule has 3 rings (SSSR count). The molecular formula is C16H17FN2OS2. The van der Waals surface area contributed by atoms with Gasteiger partial charge in [-0.25, -0.2) is 9.18 Å². The molecule has 2 aromatic rings. The second-order valence-electron chi connectivity index (χ2n) is 5.31. The standard InChI is InChI=1S/C16H17FN2OS2/c1-19(9-11-4-6-21-10-11)16(20)18-14-5-7-22-15-3-2-12(17)8-13(14)15/h2-4,6,8,10,14H,5,7,9H2,1H3,(H,18,20)/t14-/m0/s1. The van der Waals surface area contributed by atoms with Crippen molar-refractivity contribution in [2.24, 2.45) is 0 Å². The van der Waals surface area contributed by atoms with Gasteiger partial charge in [-0.3, -0.25) is 0 Å². The van der Waals surface area contributed by atoms with Gasteiger partial charge in [0.2, 0.25) is 0 Å². The summed E-state index contributed by atoms with van der Waals surface area (Å²) in [6.07, 6.45) is 0.819. The smallest absolute Gasteiger partial charge is 0.317 e. The Morgan fingerprint density at radius 1 is 1.45 bits per heavy atom. The van der Waals surface area contributed by atoms with Gasteiger partial charge in [0.1, 0.15) is 5.82 Å². The zero-order chi connectivity index (χ0) is 15.5. The topological polar surface area (TPSA) is 32.3 Å². The van der Waals surface area contributed by atoms with Gasteiger partial charge in [-0.2, -0.15) is 11.3 Å². The van der Waals surface area contributed by atoms with E-state index >= 15 is 0 Å². The fourth-order valence-electron chi connectivity index (χ4n) is 2.50. The maximum absolute atomic E-state index is 13.5. The largest absolute Gasteiger partial charge is 0.331 e. The number of nitrogens with one attached hydrogen (secondary N) is 1. The second-order valence-corrected chi connectivity index (χ2v) is 7.23. The average Bonchev–Trinajstić information content (AvgIpc) is 3.00. The summed E-state index contributed by atoms with van der Waals surface area (Å²) < 4.78 is 13.5. The molecule has 0 radical (unpaired) electrons. The number of carbonyl (C=O) groups excluding carboxylic acids is 1. The Labute approximate surface area is 137 Å². The van der Waals surface area contributed by atoms with Crippen LogP contribution < -0.4 is 5.32 Å². The van der Waals surface area contributed by atoms with E-state index in [1.807, 2.05) is 16.8 Å². The van der Waals surface area contributed by atoms with Crippen molar-refractivity contribution in [3.8, 4) is 0 Å². The Morgan fingerprint density at radius 2 is 2.32 bits per heavy atom. The summed E-state index contributed by atoms with van der Waals surface area (Å²) in [4.78, 5) is 15.1. The lowest BCUT2D eigenvalue weighted by Gasteiger charge is -2.28. The van der Waals surface area contributed by atoms with Crippen LogP contribution in [0.4, 0.5) is 9.18 Å². The number of hydrogen-bond donors (Lipinski definition) is 1. The van der Waals surface area contributed by atoms with Crippen molar-refractivity contribution in [1.82, 2.24) is 10.2 Å². The molecular weight excluding hydrogens is 319 g/mol. The quantitative estimate of drug-likeness (QED) is 0.908. The molecule has 0 spiro atoms. The van der Waals surface area contributed by atoms with E-state index in [-0.39, 0.29) is 17.9 Å². The summed E-state index contributed by atoms with van der Waals surface area (Å²) >= 11 is 3.33. The molecule has 22 heavy (non-hydrogen) atoms. The first-order valence-electron chi connectivity index (χ1n) is 7.08. The number of thioether (sulfide) groups is 1. The molecule has 0 fully saturated rings. The number of amides is 2. The van der Waals surface area contributed by atoms with Crippen LogP contribution in [0.25, 0.3) is 0 Å². The van der Waals surface area contributed by atoms with Crippen molar-refractivity contribution >= 4 is 29.1 Å². The predicted molar refractivity (Wildman–Crippen MR) is 88.8 cm³/mol. The van der Waals surface area contributed by atoms with Crippen LogP contribution in [0.1, 0.15) is 23.6 Å². The minimum Gasteiger partial charge on any atom is -0.331 e. The van der Waals surface area contributed by atoms with Crippen LogP contribution in [0, 0.1) is 5.82 Å². The molecule has 0 aliphatic carbocycles. The van der Waals surface area contributed by atoms with Gasteiger partial charge in [-0.15, -0.1) is 11.8 Å². The fraction of sp³-hybridized carbons (Fsp3) is 0.312. The van der Waals surface area contributed by atoms with E-state index in [0.29, 0.717) is 6.54 Å². The Bertz CT molecular complexity index is 660. The first-order chi connectivity index (χ1) is 10.6. The van der Waals surface area contributed by atoms with Gasteiger partial charge in [0.05, 0.1) is 6.04 Å². The van der Waals surface area contributed by atoms with E-state index in [9.17, 15) is 9.18 Å². The molecule has 0 bridgehead atoms. The van der Waals surface area contributed by atoms with Crippen molar-refractivity contribution in [1.29, 1.82) is 0 Å². The number of carbonyl (C=O) groups is 1. The molecule has 1 aromatic heterocycles. The van der Waals surface area contributed by atoms with Gasteiger partial charge in [0.15, 0.2) is 0 Å². The van der Waals surface area contributed by atoms with Crippen molar-refractivity contribution in [2.75, 3.05) is 12.8 Å². The molecule has 1 N–H and O–H groups in total. The van der Waals surface area contributed by atoms with Crippen molar-refractivity contribution < 1.29 is 9.18 Å². The molecule has 0 unspecified atom stereocenters. The van der Waals surface area contributed by atoms with Gasteiger partial charge in [0.25, 0.3) is 0 Å². The maximum Gasteiger partial charge on any atom is 0.317 e. The molecule has 1 aliphatic rings. The lowest BCUT2D eigenvalue weighted by molar-refractivity contribution is 0.202. The van der Waals surface area contributed by atoms with Crippen LogP contribution in [0.15, 0.2) is 39.9 Å². The van der Waals surface area contributed by atoms with Crippen molar-refractivity contribution in [3.05, 3.63) is 52.0 Å². The third-order valence-corrected chi connectivity index (χ3v) is 5.51. The van der Waals surface area contributed by atoms with Crippen LogP contribution in [0.5, 0.6) is 0 Å². The Hall–Kier alpha value is -1.53. The van der Waals surface area contributed by atoms with Crippen LogP contribution >= 0.6 is 23.1 Å². The van der Waals surface area contributed by atoms with E-state index in [1.165, 1.54) is 12.1 Å². The lowest BCUT2D eigenvalue weighted by atomic mass is 10.0. The maximum atomic E-state index is 13.5. The Morgan fingerprint density at radius 3 is 3.09 bits per heavy atom. The third kappa shape index (κ3) is 3.44. The van der Waals surface area contributed by atoms with Gasteiger partial charge in [-0.05, 0) is 52.6 Å². The highest BCUT2D eigenvalue weighted by molar-refractivity contribution is 7.99. The number of fused-ring (bicyclic) bond motifs is 1. The molecule has 1 aromatic carbocycles. The molecule has 6 heteroatoms. The Kier molecular flexibility index (Phi) is 4.69. The molecule has 1 atom stereocenters. The number of rotatable bonds is 3. The number of hydrogen-bond acceptors (Lipinski definition) is 3. The number of halogens is 1. The highest BCUT2D eigenvalue weighted by Gasteiger charge is 2.24. The summed E-state index contributed by atoms with van der Waals surface area (Å²) in [6, 6.07) is 6.56. The first kappa shape index (κ1) is 15.4. The van der Waals surface area contributed by atoms with E-state index < -0.39 is 0 Å². The van der Waals surface area contributed by atoms with Gasteiger partial charge in [-0.1, -0.05) is 0 Å². The zero-order valence-corrected chi connectivity index (χ0v) is 13.8. The summed E-state index contributed by atoms with van der Waals surface area (Å²) in [7, 11) is 1.77. The first-order valence-corrected chi connectivity index (χ1v) is 9.01. The molecule has 116 valence electrons. The molecule has 3 nitrogen and oxygen atoms in total. The molecule has 2 heterocycles. The van der Waals surface area contributed by atoms with Crippen molar-refractivity contribution in [3.63, 3.8) is 0 Å². The van der Waals surface area contributed by atoms with Crippen LogP contribution in [0.2, 0.25) is 0 Å². The molecule has 0 saturated carbocycles. The van der Waals surface area contributed by atoms with Gasteiger partial charge < -0.3 is 10.2 Å². The van der Waals surface area contributed by atoms with Crippen LogP contribution in [-0.4, -0.2) is 23.7 Å². The fourth-order valence-corrected chi connectivity index (χ4v) is 4.27. The molecule has 0 saturated heterocycles. The Balaban J connectivity index is 1.68. The molecule has 1 aliphatic heterocycles. The summed E-state index contributed by atoms with van der Waals surface area (Å²) in [5.74, 6) is 0.671. The summed E-state index contributed by atoms with van der Waals surface area (Å²) in [5.41, 5.74) is 2.00. The van der Waals surface area contributed by atoms with Crippen molar-refractivity contribution in [2.45, 2.75) is 23.9 Å². The third-order valence-electron chi connectivity index (χ3n) is 3.66. The average molecular weight is 336 g/mol. The number of urea groups is 1. The van der Waals surface area contributed by atoms with Crippen LogP contribution in [-0.2, 0) is 6.54 Å². The van der Waals surface area contributed by atoms with Crippen LogP contribution in [0.3, 0.4) is 0 Å². The minimum absolute atomic E-state index is 0.121. The second kappa shape index (κ2) is 6.71. The SMILES string of the molecule is CN(Cc1ccsc1)C(=O)N[C@H]1CCSc2ccc(F)cc21. The van der Waals surface area contributed by atoms with E-state index in [4.69, 9.17) is 0 Å². The monoisotopic (exact) mass is 336 g/mol. The van der Waals surface area contributed by atoms with E-state index in [0.717, 1.165) is 28.2 Å². The number of nitrogens with zero attached hydrogens (tertiary/aromatic N) is 1. The predicted octanol–water partition coefficient (Wildman–Crippen LogP) is 4.27. The summed E-state index contributed by atoms with van der Waals surface area (Å²) in [5, 5.41) is 7.06. The van der Waals surface area contributed by atoms with E-state index in [1.54, 1.807) is 41.1 Å². The summed E-state index contributed by atoms with van der Waals surface area (Å²) in [6.45, 7) is 0.576. The highest BCUT2D eigenvalue weighted by Crippen LogP contribution is 2.36. The number of thiophene rings is 1.